The third kappa shape index (κ3) is 2.62. The summed E-state index contributed by atoms with van der Waals surface area (Å²) in [5.41, 5.74) is 1.34. The molecule has 1 nitrogen and oxygen atoms in total. The molecule has 1 aliphatic rings. The first-order valence-corrected chi connectivity index (χ1v) is 8.59. The van der Waals surface area contributed by atoms with E-state index in [9.17, 15) is 4.79 Å². The van der Waals surface area contributed by atoms with Crippen LogP contribution in [-0.2, 0) is 10.5 Å². The first-order valence-electron chi connectivity index (χ1n) is 6.32. The Kier molecular flexibility index (Phi) is 4.44. The van der Waals surface area contributed by atoms with Crippen molar-refractivity contribution < 1.29 is 4.79 Å². The molecule has 0 heterocycles. The van der Waals surface area contributed by atoms with Crippen LogP contribution in [0.4, 0.5) is 0 Å². The van der Waals surface area contributed by atoms with Gasteiger partial charge in [-0.2, -0.15) is 11.8 Å². The summed E-state index contributed by atoms with van der Waals surface area (Å²) in [6, 6.07) is 10.5. The van der Waals surface area contributed by atoms with Crippen molar-refractivity contribution in [1.29, 1.82) is 0 Å². The van der Waals surface area contributed by atoms with Gasteiger partial charge in [0, 0.05) is 17.4 Å². The molecule has 1 aromatic rings. The quantitative estimate of drug-likeness (QED) is 0.829. The van der Waals surface area contributed by atoms with E-state index in [2.05, 4.69) is 44.4 Å². The summed E-state index contributed by atoms with van der Waals surface area (Å²) in [6.45, 7) is 4.33. The van der Waals surface area contributed by atoms with Gasteiger partial charge in [-0.1, -0.05) is 37.3 Å². The molecule has 0 spiro atoms. The van der Waals surface area contributed by atoms with Gasteiger partial charge < -0.3 is 0 Å². The summed E-state index contributed by atoms with van der Waals surface area (Å²) in [5.74, 6) is 1.91. The summed E-state index contributed by atoms with van der Waals surface area (Å²) in [6.07, 6.45) is 2.80. The van der Waals surface area contributed by atoms with Crippen molar-refractivity contribution in [3.63, 3.8) is 0 Å². The number of hydrogen-bond acceptors (Lipinski definition) is 3. The predicted octanol–water partition coefficient (Wildman–Crippen LogP) is 4.02. The predicted molar refractivity (Wildman–Crippen MR) is 82.2 cm³/mol. The molecule has 0 bridgehead atoms. The van der Waals surface area contributed by atoms with E-state index in [1.165, 1.54) is 5.56 Å². The number of ketones is 1. The fourth-order valence-corrected chi connectivity index (χ4v) is 5.32. The van der Waals surface area contributed by atoms with Crippen LogP contribution in [0.15, 0.2) is 30.3 Å². The lowest BCUT2D eigenvalue weighted by Gasteiger charge is -2.29. The molecule has 1 aliphatic carbocycles. The van der Waals surface area contributed by atoms with E-state index in [0.29, 0.717) is 17.0 Å². The number of rotatable bonds is 4. The van der Waals surface area contributed by atoms with Gasteiger partial charge in [0.2, 0.25) is 0 Å². The summed E-state index contributed by atoms with van der Waals surface area (Å²) in [7, 11) is 0. The molecule has 0 N–H and O–H groups in total. The molecule has 3 heteroatoms. The van der Waals surface area contributed by atoms with Crippen LogP contribution in [0.5, 0.6) is 0 Å². The summed E-state index contributed by atoms with van der Waals surface area (Å²) >= 11 is 3.66. The molecule has 0 aliphatic heterocycles. The zero-order valence-corrected chi connectivity index (χ0v) is 12.8. The molecule has 0 amide bonds. The minimum absolute atomic E-state index is 0.196. The van der Waals surface area contributed by atoms with Crippen LogP contribution in [0.25, 0.3) is 0 Å². The Morgan fingerprint density at radius 1 is 1.33 bits per heavy atom. The minimum atomic E-state index is -0.196. The highest BCUT2D eigenvalue weighted by Gasteiger charge is 2.49. The van der Waals surface area contributed by atoms with Gasteiger partial charge in [-0.15, -0.1) is 11.8 Å². The van der Waals surface area contributed by atoms with Gasteiger partial charge in [-0.25, -0.2) is 0 Å². The zero-order chi connectivity index (χ0) is 13.2. The molecule has 0 saturated heterocycles. The minimum Gasteiger partial charge on any atom is -0.298 e. The molecule has 0 aromatic heterocycles. The smallest absolute Gasteiger partial charge is 0.150 e. The van der Waals surface area contributed by atoms with Crippen LogP contribution < -0.4 is 0 Å². The van der Waals surface area contributed by atoms with E-state index in [4.69, 9.17) is 0 Å². The molecular formula is C15H20OS2. The van der Waals surface area contributed by atoms with Gasteiger partial charge in [-0.05, 0) is 24.7 Å². The monoisotopic (exact) mass is 280 g/mol. The summed E-state index contributed by atoms with van der Waals surface area (Å²) in [5, 5.41) is 0.431. The van der Waals surface area contributed by atoms with Crippen molar-refractivity contribution in [2.75, 3.05) is 6.26 Å². The lowest BCUT2D eigenvalue weighted by Crippen LogP contribution is -2.36. The topological polar surface area (TPSA) is 17.1 Å². The van der Waals surface area contributed by atoms with Gasteiger partial charge in [0.15, 0.2) is 0 Å². The zero-order valence-electron chi connectivity index (χ0n) is 11.2. The Morgan fingerprint density at radius 2 is 2.00 bits per heavy atom. The Labute approximate surface area is 118 Å². The maximum atomic E-state index is 12.1. The first-order chi connectivity index (χ1) is 8.58. The average Bonchev–Trinajstić information content (AvgIpc) is 2.60. The largest absolute Gasteiger partial charge is 0.298 e. The van der Waals surface area contributed by atoms with Crippen LogP contribution in [-0.4, -0.2) is 22.0 Å². The normalized spacial score (nSPS) is 31.8. The summed E-state index contributed by atoms with van der Waals surface area (Å²) < 4.78 is -0.196. The van der Waals surface area contributed by atoms with Crippen LogP contribution in [0, 0.1) is 5.92 Å². The van der Waals surface area contributed by atoms with Gasteiger partial charge >= 0.3 is 0 Å². The Bertz CT molecular complexity index is 418. The highest BCUT2D eigenvalue weighted by Crippen LogP contribution is 2.47. The fourth-order valence-electron chi connectivity index (χ4n) is 2.62. The number of thioether (sulfide) groups is 2. The molecule has 1 saturated carbocycles. The molecule has 1 fully saturated rings. The van der Waals surface area contributed by atoms with Crippen molar-refractivity contribution in [2.45, 2.75) is 36.0 Å². The molecule has 18 heavy (non-hydrogen) atoms. The first kappa shape index (κ1) is 14.0. The molecule has 0 unspecified atom stereocenters. The highest BCUT2D eigenvalue weighted by atomic mass is 32.2. The van der Waals surface area contributed by atoms with E-state index in [1.807, 2.05) is 17.8 Å². The van der Waals surface area contributed by atoms with E-state index < -0.39 is 0 Å². The van der Waals surface area contributed by atoms with Crippen molar-refractivity contribution >= 4 is 29.3 Å². The number of carbonyl (C=O) groups is 1. The standard InChI is InChI=1S/C15H20OS2/c1-11-9-13(16)15(2,17-3)14(11)18-10-12-7-5-4-6-8-12/h4-8,11,14H,9-10H2,1-3H3/t11-,14-,15+/m0/s1. The Morgan fingerprint density at radius 3 is 2.61 bits per heavy atom. The average molecular weight is 280 g/mol. The van der Waals surface area contributed by atoms with Crippen LogP contribution in [0.2, 0.25) is 0 Å². The lowest BCUT2D eigenvalue weighted by atomic mass is 10.1. The molecule has 1 aromatic carbocycles. The SMILES string of the molecule is CS[C@]1(C)C(=O)C[C@H](C)[C@@H]1SCc1ccccc1. The molecule has 0 radical (unpaired) electrons. The third-order valence-corrected chi connectivity index (χ3v) is 7.09. The second-order valence-corrected chi connectivity index (χ2v) is 7.52. The lowest BCUT2D eigenvalue weighted by molar-refractivity contribution is -0.119. The highest BCUT2D eigenvalue weighted by molar-refractivity contribution is 8.04. The second-order valence-electron chi connectivity index (χ2n) is 5.13. The van der Waals surface area contributed by atoms with Crippen LogP contribution in [0.3, 0.4) is 0 Å². The van der Waals surface area contributed by atoms with Gasteiger partial charge in [0.1, 0.15) is 5.78 Å². The second kappa shape index (κ2) is 5.70. The number of Topliss-reactive ketones (excluding diaryl/α,β-unsaturated/α-hetero) is 1. The van der Waals surface area contributed by atoms with Crippen LogP contribution in [0.1, 0.15) is 25.8 Å². The van der Waals surface area contributed by atoms with Crippen molar-refractivity contribution in [1.82, 2.24) is 0 Å². The number of carbonyl (C=O) groups excluding carboxylic acids is 1. The molecule has 3 atom stereocenters. The van der Waals surface area contributed by atoms with Gasteiger partial charge in [0.25, 0.3) is 0 Å². The molecular weight excluding hydrogens is 260 g/mol. The van der Waals surface area contributed by atoms with E-state index >= 15 is 0 Å². The van der Waals surface area contributed by atoms with Crippen LogP contribution >= 0.6 is 23.5 Å². The Balaban J connectivity index is 2.06. The van der Waals surface area contributed by atoms with Gasteiger partial charge in [-0.3, -0.25) is 4.79 Å². The van der Waals surface area contributed by atoms with Crippen molar-refractivity contribution in [2.24, 2.45) is 5.92 Å². The Hall–Kier alpha value is -0.410. The fraction of sp³-hybridized carbons (Fsp3) is 0.533. The maximum absolute atomic E-state index is 12.1. The number of benzene rings is 1. The van der Waals surface area contributed by atoms with E-state index in [-0.39, 0.29) is 4.75 Å². The molecule has 98 valence electrons. The van der Waals surface area contributed by atoms with Gasteiger partial charge in [0.05, 0.1) is 4.75 Å². The van der Waals surface area contributed by atoms with E-state index in [1.54, 1.807) is 11.8 Å². The van der Waals surface area contributed by atoms with Crippen molar-refractivity contribution in [3.05, 3.63) is 35.9 Å². The number of hydrogen-bond donors (Lipinski definition) is 0. The third-order valence-electron chi connectivity index (χ3n) is 3.82. The maximum Gasteiger partial charge on any atom is 0.150 e. The molecule has 2 rings (SSSR count). The van der Waals surface area contributed by atoms with Crippen molar-refractivity contribution in [3.8, 4) is 0 Å². The summed E-state index contributed by atoms with van der Waals surface area (Å²) in [4.78, 5) is 12.1. The van der Waals surface area contributed by atoms with E-state index in [0.717, 1.165) is 12.2 Å².